The van der Waals surface area contributed by atoms with Crippen LogP contribution in [0.3, 0.4) is 0 Å². The van der Waals surface area contributed by atoms with Crippen LogP contribution in [0.4, 0.5) is 0 Å². The zero-order chi connectivity index (χ0) is 6.57. The Balaban J connectivity index is 3.29. The van der Waals surface area contributed by atoms with E-state index < -0.39 is 0 Å². The van der Waals surface area contributed by atoms with Gasteiger partial charge in [0.25, 0.3) is 0 Å². The van der Waals surface area contributed by atoms with Crippen molar-refractivity contribution in [1.82, 2.24) is 0 Å². The van der Waals surface area contributed by atoms with Crippen molar-refractivity contribution in [3.05, 3.63) is 0 Å². The zero-order valence-corrected chi connectivity index (χ0v) is 6.15. The Morgan fingerprint density at radius 2 is 1.75 bits per heavy atom. The highest BCUT2D eigenvalue weighted by molar-refractivity contribution is 4.64. The Morgan fingerprint density at radius 3 is 1.88 bits per heavy atom. The summed E-state index contributed by atoms with van der Waals surface area (Å²) in [5, 5.41) is 0. The first-order valence-corrected chi connectivity index (χ1v) is 3.47. The Hall–Kier alpha value is -0.0400. The summed E-state index contributed by atoms with van der Waals surface area (Å²) in [6.07, 6.45) is 2.31. The van der Waals surface area contributed by atoms with Crippen LogP contribution in [0, 0.1) is 5.92 Å². The molecule has 1 nitrogen and oxygen atoms in total. The summed E-state index contributed by atoms with van der Waals surface area (Å²) in [6, 6.07) is 0.417. The molecular formula is C7H17N. The first kappa shape index (κ1) is 7.96. The summed E-state index contributed by atoms with van der Waals surface area (Å²) in [4.78, 5) is 0. The fourth-order valence-corrected chi connectivity index (χ4v) is 0.705. The average Bonchev–Trinajstić information content (AvgIpc) is 1.84. The van der Waals surface area contributed by atoms with Gasteiger partial charge in [-0.15, -0.1) is 0 Å². The van der Waals surface area contributed by atoms with Crippen LogP contribution >= 0.6 is 0 Å². The van der Waals surface area contributed by atoms with E-state index in [1.807, 2.05) is 0 Å². The molecule has 0 aliphatic rings. The van der Waals surface area contributed by atoms with Crippen molar-refractivity contribution in [3.63, 3.8) is 0 Å². The van der Waals surface area contributed by atoms with Crippen LogP contribution in [0.5, 0.6) is 0 Å². The number of hydrogen-bond acceptors (Lipinski definition) is 1. The fourth-order valence-electron chi connectivity index (χ4n) is 0.705. The van der Waals surface area contributed by atoms with Crippen LogP contribution in [0.25, 0.3) is 0 Å². The highest BCUT2D eigenvalue weighted by Crippen LogP contribution is 2.06. The molecule has 0 amide bonds. The van der Waals surface area contributed by atoms with Crippen molar-refractivity contribution >= 4 is 0 Å². The molecule has 0 saturated heterocycles. The van der Waals surface area contributed by atoms with Crippen molar-refractivity contribution in [1.29, 1.82) is 0 Å². The van der Waals surface area contributed by atoms with Crippen LogP contribution in [0.15, 0.2) is 0 Å². The molecule has 0 bridgehead atoms. The van der Waals surface area contributed by atoms with E-state index in [4.69, 9.17) is 5.73 Å². The van der Waals surface area contributed by atoms with Gasteiger partial charge in [-0.2, -0.15) is 0 Å². The molecule has 2 atom stereocenters. The van der Waals surface area contributed by atoms with Gasteiger partial charge in [-0.3, -0.25) is 0 Å². The van der Waals surface area contributed by atoms with Crippen LogP contribution < -0.4 is 5.73 Å². The molecule has 0 saturated carbocycles. The minimum Gasteiger partial charge on any atom is -0.327 e. The standard InChI is InChI=1S/C7H17N/c1-4-6(3)7(8)5-2/h6-7H,4-5,8H2,1-3H3/t6-,7?/m1/s1. The molecule has 2 N–H and O–H groups in total. The minimum atomic E-state index is 0.417. The summed E-state index contributed by atoms with van der Waals surface area (Å²) < 4.78 is 0. The van der Waals surface area contributed by atoms with Gasteiger partial charge in [0.2, 0.25) is 0 Å². The monoisotopic (exact) mass is 115 g/mol. The zero-order valence-electron chi connectivity index (χ0n) is 6.15. The molecule has 0 rings (SSSR count). The SMILES string of the molecule is CCC(N)[C@H](C)CC. The van der Waals surface area contributed by atoms with E-state index in [9.17, 15) is 0 Å². The second-order valence-corrected chi connectivity index (χ2v) is 2.46. The van der Waals surface area contributed by atoms with Crippen LogP contribution in [-0.2, 0) is 0 Å². The molecule has 0 aromatic heterocycles. The fraction of sp³-hybridized carbons (Fsp3) is 1.00. The molecule has 0 aromatic rings. The maximum Gasteiger partial charge on any atom is 0.00618 e. The molecule has 0 aromatic carbocycles. The summed E-state index contributed by atoms with van der Waals surface area (Å²) in [5.41, 5.74) is 5.73. The van der Waals surface area contributed by atoms with Crippen molar-refractivity contribution in [3.8, 4) is 0 Å². The van der Waals surface area contributed by atoms with Crippen molar-refractivity contribution < 1.29 is 0 Å². The first-order chi connectivity index (χ1) is 3.72. The Labute approximate surface area is 52.3 Å². The predicted molar refractivity (Wildman–Crippen MR) is 37.7 cm³/mol. The highest BCUT2D eigenvalue weighted by Gasteiger charge is 2.05. The van der Waals surface area contributed by atoms with E-state index in [-0.39, 0.29) is 0 Å². The molecule has 0 radical (unpaired) electrons. The number of hydrogen-bond donors (Lipinski definition) is 1. The molecular weight excluding hydrogens is 98.1 g/mol. The van der Waals surface area contributed by atoms with Crippen molar-refractivity contribution in [2.75, 3.05) is 0 Å². The molecule has 8 heavy (non-hydrogen) atoms. The van der Waals surface area contributed by atoms with E-state index in [2.05, 4.69) is 20.8 Å². The Kier molecular flexibility index (Phi) is 3.88. The maximum absolute atomic E-state index is 5.73. The van der Waals surface area contributed by atoms with E-state index >= 15 is 0 Å². The Morgan fingerprint density at radius 1 is 1.25 bits per heavy atom. The van der Waals surface area contributed by atoms with Crippen molar-refractivity contribution in [2.24, 2.45) is 11.7 Å². The summed E-state index contributed by atoms with van der Waals surface area (Å²) in [7, 11) is 0. The summed E-state index contributed by atoms with van der Waals surface area (Å²) >= 11 is 0. The third-order valence-electron chi connectivity index (χ3n) is 1.85. The molecule has 0 aliphatic carbocycles. The van der Waals surface area contributed by atoms with Gasteiger partial charge in [0.15, 0.2) is 0 Å². The van der Waals surface area contributed by atoms with E-state index in [0.717, 1.165) is 6.42 Å². The second-order valence-electron chi connectivity index (χ2n) is 2.46. The van der Waals surface area contributed by atoms with Gasteiger partial charge in [0, 0.05) is 6.04 Å². The normalized spacial score (nSPS) is 18.0. The van der Waals surface area contributed by atoms with Gasteiger partial charge in [-0.1, -0.05) is 27.2 Å². The smallest absolute Gasteiger partial charge is 0.00618 e. The van der Waals surface area contributed by atoms with Crippen LogP contribution in [0.1, 0.15) is 33.6 Å². The molecule has 1 unspecified atom stereocenters. The van der Waals surface area contributed by atoms with Gasteiger partial charge in [0.05, 0.1) is 0 Å². The molecule has 50 valence electrons. The highest BCUT2D eigenvalue weighted by atomic mass is 14.6. The lowest BCUT2D eigenvalue weighted by atomic mass is 9.98. The van der Waals surface area contributed by atoms with E-state index in [0.29, 0.717) is 12.0 Å². The average molecular weight is 115 g/mol. The predicted octanol–water partition coefficient (Wildman–Crippen LogP) is 1.77. The number of nitrogens with two attached hydrogens (primary N) is 1. The van der Waals surface area contributed by atoms with Gasteiger partial charge < -0.3 is 5.73 Å². The van der Waals surface area contributed by atoms with Crippen LogP contribution in [0.2, 0.25) is 0 Å². The van der Waals surface area contributed by atoms with E-state index in [1.54, 1.807) is 0 Å². The molecule has 0 aliphatic heterocycles. The quantitative estimate of drug-likeness (QED) is 0.596. The Bertz CT molecular complexity index is 44.3. The first-order valence-electron chi connectivity index (χ1n) is 3.47. The number of rotatable bonds is 3. The second kappa shape index (κ2) is 3.90. The van der Waals surface area contributed by atoms with Gasteiger partial charge >= 0.3 is 0 Å². The largest absolute Gasteiger partial charge is 0.327 e. The third kappa shape index (κ3) is 2.31. The maximum atomic E-state index is 5.73. The lowest BCUT2D eigenvalue weighted by molar-refractivity contribution is 0.432. The lowest BCUT2D eigenvalue weighted by Crippen LogP contribution is -2.26. The molecule has 0 spiro atoms. The summed E-state index contributed by atoms with van der Waals surface area (Å²) in [5.74, 6) is 0.694. The topological polar surface area (TPSA) is 26.0 Å². The minimum absolute atomic E-state index is 0.417. The molecule has 0 fully saturated rings. The van der Waals surface area contributed by atoms with Gasteiger partial charge in [0.1, 0.15) is 0 Å². The van der Waals surface area contributed by atoms with Gasteiger partial charge in [-0.25, -0.2) is 0 Å². The van der Waals surface area contributed by atoms with E-state index in [1.165, 1.54) is 6.42 Å². The molecule has 1 heteroatoms. The van der Waals surface area contributed by atoms with Crippen molar-refractivity contribution in [2.45, 2.75) is 39.7 Å². The third-order valence-corrected chi connectivity index (χ3v) is 1.85. The summed E-state index contributed by atoms with van der Waals surface area (Å²) in [6.45, 7) is 6.52. The lowest BCUT2D eigenvalue weighted by Gasteiger charge is -2.14. The van der Waals surface area contributed by atoms with Gasteiger partial charge in [-0.05, 0) is 12.3 Å². The molecule has 0 heterocycles. The van der Waals surface area contributed by atoms with Crippen LogP contribution in [-0.4, -0.2) is 6.04 Å².